The van der Waals surface area contributed by atoms with Gasteiger partial charge in [0.25, 0.3) is 0 Å². The number of esters is 3. The van der Waals surface area contributed by atoms with E-state index in [1.807, 2.05) is 0 Å². The predicted octanol–water partition coefficient (Wildman–Crippen LogP) is 24.0. The van der Waals surface area contributed by atoms with Gasteiger partial charge in [0.15, 0.2) is 6.10 Å². The molecule has 6 nitrogen and oxygen atoms in total. The molecule has 0 N–H and O–H groups in total. The Kier molecular flexibility index (Phi) is 65.1. The van der Waals surface area contributed by atoms with Crippen LogP contribution in [-0.4, -0.2) is 37.2 Å². The Morgan fingerprint density at radius 3 is 0.649 bits per heavy atom. The van der Waals surface area contributed by atoms with Gasteiger partial charge in [-0.05, 0) is 44.9 Å². The lowest BCUT2D eigenvalue weighted by Crippen LogP contribution is -2.30. The highest BCUT2D eigenvalue weighted by molar-refractivity contribution is 5.71. The maximum absolute atomic E-state index is 13.0. The summed E-state index contributed by atoms with van der Waals surface area (Å²) in [4.78, 5) is 38.4. The van der Waals surface area contributed by atoms with Crippen molar-refractivity contribution in [3.05, 3.63) is 12.2 Å². The zero-order valence-electron chi connectivity index (χ0n) is 52.5. The van der Waals surface area contributed by atoms with Crippen LogP contribution in [-0.2, 0) is 28.6 Å². The van der Waals surface area contributed by atoms with E-state index in [0.717, 1.165) is 57.8 Å². The lowest BCUT2D eigenvalue weighted by Gasteiger charge is -2.18. The Balaban J connectivity index is 4.28. The first kappa shape index (κ1) is 75.2. The average molecular weight is 1090 g/mol. The van der Waals surface area contributed by atoms with Gasteiger partial charge in [0.2, 0.25) is 0 Å². The fourth-order valence-electron chi connectivity index (χ4n) is 11.0. The van der Waals surface area contributed by atoms with E-state index in [1.165, 1.54) is 308 Å². The van der Waals surface area contributed by atoms with Crippen LogP contribution in [0.5, 0.6) is 0 Å². The molecular formula is C71H136O6. The molecule has 0 aliphatic rings. The summed E-state index contributed by atoms with van der Waals surface area (Å²) in [7, 11) is 0. The molecule has 1 atom stereocenters. The van der Waals surface area contributed by atoms with E-state index in [-0.39, 0.29) is 31.1 Å². The average Bonchev–Trinajstić information content (AvgIpc) is 3.43. The second kappa shape index (κ2) is 66.7. The highest BCUT2D eigenvalue weighted by Gasteiger charge is 2.19. The third-order valence-corrected chi connectivity index (χ3v) is 16.3. The van der Waals surface area contributed by atoms with Gasteiger partial charge in [0.1, 0.15) is 13.2 Å². The predicted molar refractivity (Wildman–Crippen MR) is 335 cm³/mol. The first-order valence-corrected chi connectivity index (χ1v) is 35.2. The van der Waals surface area contributed by atoms with Gasteiger partial charge in [-0.15, -0.1) is 0 Å². The lowest BCUT2D eigenvalue weighted by molar-refractivity contribution is -0.167. The molecule has 0 heterocycles. The zero-order valence-corrected chi connectivity index (χ0v) is 52.5. The highest BCUT2D eigenvalue weighted by atomic mass is 16.6. The molecule has 0 amide bonds. The maximum atomic E-state index is 13.0. The van der Waals surface area contributed by atoms with Crippen LogP contribution in [0.1, 0.15) is 406 Å². The van der Waals surface area contributed by atoms with Crippen molar-refractivity contribution in [1.82, 2.24) is 0 Å². The Hall–Kier alpha value is -1.85. The molecule has 1 unspecified atom stereocenters. The topological polar surface area (TPSA) is 78.9 Å². The summed E-state index contributed by atoms with van der Waals surface area (Å²) in [6.45, 7) is 6.73. The number of carbonyl (C=O) groups is 3. The number of unbranched alkanes of at least 4 members (excludes halogenated alkanes) is 53. The van der Waals surface area contributed by atoms with Gasteiger partial charge in [-0.3, -0.25) is 14.4 Å². The van der Waals surface area contributed by atoms with Crippen LogP contribution >= 0.6 is 0 Å². The molecule has 0 radical (unpaired) electrons. The van der Waals surface area contributed by atoms with E-state index in [4.69, 9.17) is 14.2 Å². The molecule has 0 aliphatic carbocycles. The summed E-state index contributed by atoms with van der Waals surface area (Å²) in [5.41, 5.74) is 0. The zero-order chi connectivity index (χ0) is 55.7. The first-order chi connectivity index (χ1) is 38.0. The van der Waals surface area contributed by atoms with Crippen molar-refractivity contribution >= 4 is 17.9 Å². The summed E-state index contributed by atoms with van der Waals surface area (Å²) < 4.78 is 17.0. The summed E-state index contributed by atoms with van der Waals surface area (Å²) in [5, 5.41) is 0. The molecule has 0 bridgehead atoms. The second-order valence-electron chi connectivity index (χ2n) is 24.2. The van der Waals surface area contributed by atoms with Gasteiger partial charge in [0, 0.05) is 19.3 Å². The number of hydrogen-bond donors (Lipinski definition) is 0. The molecule has 0 saturated carbocycles. The molecule has 0 fully saturated rings. The number of rotatable bonds is 66. The molecular weight excluding hydrogens is 949 g/mol. The van der Waals surface area contributed by atoms with E-state index >= 15 is 0 Å². The number of ether oxygens (including phenoxy) is 3. The number of carbonyl (C=O) groups excluding carboxylic acids is 3. The van der Waals surface area contributed by atoms with Crippen molar-refractivity contribution in [2.24, 2.45) is 0 Å². The van der Waals surface area contributed by atoms with E-state index < -0.39 is 6.10 Å². The minimum atomic E-state index is -0.768. The van der Waals surface area contributed by atoms with Crippen molar-refractivity contribution in [1.29, 1.82) is 0 Å². The van der Waals surface area contributed by atoms with Crippen molar-refractivity contribution in [3.63, 3.8) is 0 Å². The molecule has 6 heteroatoms. The SMILES string of the molecule is CCCCCCCC/C=C\CCCCCCCCCC(=O)OCC(COC(=O)CCCCCCCCCCCCCCCCCCCCCCC)OC(=O)CCCCCCCCCCCCCCCCCCCCCCC. The summed E-state index contributed by atoms with van der Waals surface area (Å²) in [6, 6.07) is 0. The van der Waals surface area contributed by atoms with Crippen LogP contribution in [0.2, 0.25) is 0 Å². The van der Waals surface area contributed by atoms with Gasteiger partial charge < -0.3 is 14.2 Å². The van der Waals surface area contributed by atoms with Crippen LogP contribution in [0.3, 0.4) is 0 Å². The van der Waals surface area contributed by atoms with E-state index in [1.54, 1.807) is 0 Å². The Morgan fingerprint density at radius 2 is 0.429 bits per heavy atom. The lowest BCUT2D eigenvalue weighted by atomic mass is 10.0. The van der Waals surface area contributed by atoms with Gasteiger partial charge in [-0.1, -0.05) is 354 Å². The highest BCUT2D eigenvalue weighted by Crippen LogP contribution is 2.19. The summed E-state index contributed by atoms with van der Waals surface area (Å²) in [5.74, 6) is -0.832. The first-order valence-electron chi connectivity index (χ1n) is 35.2. The van der Waals surface area contributed by atoms with E-state index in [0.29, 0.717) is 19.3 Å². The molecule has 456 valence electrons. The van der Waals surface area contributed by atoms with Crippen LogP contribution in [0.15, 0.2) is 12.2 Å². The second-order valence-corrected chi connectivity index (χ2v) is 24.2. The van der Waals surface area contributed by atoms with Crippen molar-refractivity contribution < 1.29 is 28.6 Å². The monoisotopic (exact) mass is 1090 g/mol. The largest absolute Gasteiger partial charge is 0.462 e. The normalized spacial score (nSPS) is 12.0. The van der Waals surface area contributed by atoms with E-state index in [2.05, 4.69) is 32.9 Å². The van der Waals surface area contributed by atoms with Crippen LogP contribution in [0, 0.1) is 0 Å². The van der Waals surface area contributed by atoms with Crippen LogP contribution < -0.4 is 0 Å². The molecule has 0 aromatic carbocycles. The van der Waals surface area contributed by atoms with Crippen molar-refractivity contribution in [2.75, 3.05) is 13.2 Å². The third-order valence-electron chi connectivity index (χ3n) is 16.3. The van der Waals surface area contributed by atoms with E-state index in [9.17, 15) is 14.4 Å². The molecule has 0 aromatic rings. The molecule has 0 spiro atoms. The minimum absolute atomic E-state index is 0.0642. The Labute approximate surface area is 481 Å². The third kappa shape index (κ3) is 64.9. The van der Waals surface area contributed by atoms with Crippen LogP contribution in [0.4, 0.5) is 0 Å². The molecule has 0 rings (SSSR count). The fourth-order valence-corrected chi connectivity index (χ4v) is 11.0. The molecule has 0 aromatic heterocycles. The van der Waals surface area contributed by atoms with Gasteiger partial charge in [-0.2, -0.15) is 0 Å². The van der Waals surface area contributed by atoms with Gasteiger partial charge in [0.05, 0.1) is 0 Å². The number of hydrogen-bond acceptors (Lipinski definition) is 6. The summed E-state index contributed by atoms with van der Waals surface area (Å²) >= 11 is 0. The number of allylic oxidation sites excluding steroid dienone is 2. The van der Waals surface area contributed by atoms with Crippen molar-refractivity contribution in [3.8, 4) is 0 Å². The molecule has 0 saturated heterocycles. The fraction of sp³-hybridized carbons (Fsp3) is 0.930. The summed E-state index contributed by atoms with van der Waals surface area (Å²) in [6.07, 6.45) is 79.5. The van der Waals surface area contributed by atoms with Crippen molar-refractivity contribution in [2.45, 2.75) is 412 Å². The van der Waals surface area contributed by atoms with Gasteiger partial charge >= 0.3 is 17.9 Å². The quantitative estimate of drug-likeness (QED) is 0.0261. The van der Waals surface area contributed by atoms with Gasteiger partial charge in [-0.25, -0.2) is 0 Å². The van der Waals surface area contributed by atoms with Crippen LogP contribution in [0.25, 0.3) is 0 Å². The maximum Gasteiger partial charge on any atom is 0.306 e. The molecule has 0 aliphatic heterocycles. The Morgan fingerprint density at radius 1 is 0.247 bits per heavy atom. The Bertz CT molecular complexity index is 1200. The minimum Gasteiger partial charge on any atom is -0.462 e. The smallest absolute Gasteiger partial charge is 0.306 e. The standard InChI is InChI=1S/C71H136O6/c1-4-7-10-13-16-19-22-25-28-31-33-35-37-40-43-46-49-52-55-58-61-64-70(73)76-67-68(66-75-69(72)63-60-57-54-51-48-45-42-39-30-27-24-21-18-15-12-9-6-3)77-71(74)65-62-59-56-53-50-47-44-41-38-36-34-32-29-26-23-20-17-14-11-8-5-2/h27,30,68H,4-26,28-29,31-67H2,1-3H3/b30-27-. The molecule has 77 heavy (non-hydrogen) atoms.